The number of anilines is 4. The van der Waals surface area contributed by atoms with Gasteiger partial charge >= 0.3 is 0 Å². The van der Waals surface area contributed by atoms with E-state index in [1.54, 1.807) is 12.1 Å². The van der Waals surface area contributed by atoms with Crippen molar-refractivity contribution in [1.29, 1.82) is 0 Å². The highest BCUT2D eigenvalue weighted by molar-refractivity contribution is 6.31. The Morgan fingerprint density at radius 1 is 0.968 bits per heavy atom. The Labute approximate surface area is 180 Å². The first kappa shape index (κ1) is 18.0. The van der Waals surface area contributed by atoms with E-state index in [9.17, 15) is 4.79 Å². The summed E-state index contributed by atoms with van der Waals surface area (Å²) in [5, 5.41) is 21.4. The van der Waals surface area contributed by atoms with Gasteiger partial charge in [-0.05, 0) is 49.2 Å². The standard InChI is InChI=1S/C21H17ClN8O/c22-11-3-6-15-14(7-11)19(25-18-9-16(27-29-18)10-1-2-10)26-21(24-15)23-12-4-5-13-17(8-12)28-30-20(13)31/h3-10H,1-2H2,(H2,28,30,31)(H3,23,24,25,26,27,29). The van der Waals surface area contributed by atoms with Crippen molar-refractivity contribution in [3.05, 3.63) is 63.5 Å². The lowest BCUT2D eigenvalue weighted by Crippen LogP contribution is -2.03. The van der Waals surface area contributed by atoms with E-state index in [1.807, 2.05) is 30.3 Å². The van der Waals surface area contributed by atoms with Gasteiger partial charge in [-0.1, -0.05) is 11.6 Å². The van der Waals surface area contributed by atoms with Crippen LogP contribution in [-0.4, -0.2) is 30.4 Å². The van der Waals surface area contributed by atoms with Crippen LogP contribution in [0.1, 0.15) is 24.5 Å². The number of aromatic nitrogens is 6. The lowest BCUT2D eigenvalue weighted by Gasteiger charge is -2.11. The second-order valence-electron chi connectivity index (χ2n) is 7.63. The van der Waals surface area contributed by atoms with E-state index in [0.717, 1.165) is 22.3 Å². The first-order valence-electron chi connectivity index (χ1n) is 9.89. The van der Waals surface area contributed by atoms with E-state index in [0.29, 0.717) is 39.4 Å². The first-order chi connectivity index (χ1) is 15.1. The largest absolute Gasteiger partial charge is 0.324 e. The normalized spacial score (nSPS) is 13.7. The van der Waals surface area contributed by atoms with Crippen LogP contribution in [0.25, 0.3) is 21.8 Å². The van der Waals surface area contributed by atoms with Crippen LogP contribution in [0.15, 0.2) is 47.3 Å². The Balaban J connectivity index is 1.38. The molecule has 9 nitrogen and oxygen atoms in total. The van der Waals surface area contributed by atoms with Gasteiger partial charge in [0.05, 0.1) is 16.4 Å². The summed E-state index contributed by atoms with van der Waals surface area (Å²) >= 11 is 6.22. The number of nitrogens with one attached hydrogen (secondary N) is 5. The van der Waals surface area contributed by atoms with Crippen molar-refractivity contribution in [3.63, 3.8) is 0 Å². The number of benzene rings is 2. The van der Waals surface area contributed by atoms with E-state index >= 15 is 0 Å². The molecule has 3 aromatic heterocycles. The SMILES string of the molecule is O=c1[nH][nH]c2cc(Nc3nc(Nc4cc(C5CC5)[nH]n4)c4cc(Cl)ccc4n3)ccc12. The summed E-state index contributed by atoms with van der Waals surface area (Å²) in [6, 6.07) is 12.9. The molecule has 1 aliphatic carbocycles. The summed E-state index contributed by atoms with van der Waals surface area (Å²) in [5.41, 5.74) is 3.16. The van der Waals surface area contributed by atoms with Gasteiger partial charge in [-0.25, -0.2) is 4.98 Å². The number of hydrogen-bond acceptors (Lipinski definition) is 6. The molecule has 0 unspecified atom stereocenters. The summed E-state index contributed by atoms with van der Waals surface area (Å²) in [6.07, 6.45) is 2.39. The zero-order valence-corrected chi connectivity index (χ0v) is 16.9. The average Bonchev–Trinajstić information content (AvgIpc) is 3.40. The summed E-state index contributed by atoms with van der Waals surface area (Å²) in [5.74, 6) is 2.28. The molecule has 1 aliphatic rings. The van der Waals surface area contributed by atoms with Crippen LogP contribution < -0.4 is 16.2 Å². The van der Waals surface area contributed by atoms with Crippen LogP contribution in [-0.2, 0) is 0 Å². The van der Waals surface area contributed by atoms with E-state index < -0.39 is 0 Å². The van der Waals surface area contributed by atoms with Crippen molar-refractivity contribution in [2.24, 2.45) is 0 Å². The highest BCUT2D eigenvalue weighted by Crippen LogP contribution is 2.40. The van der Waals surface area contributed by atoms with Crippen molar-refractivity contribution < 1.29 is 0 Å². The number of rotatable bonds is 5. The molecule has 5 N–H and O–H groups in total. The molecule has 0 radical (unpaired) electrons. The summed E-state index contributed by atoms with van der Waals surface area (Å²) in [6.45, 7) is 0. The van der Waals surface area contributed by atoms with E-state index in [-0.39, 0.29) is 5.56 Å². The Hall–Kier alpha value is -3.85. The minimum atomic E-state index is -0.156. The van der Waals surface area contributed by atoms with Gasteiger partial charge in [0.25, 0.3) is 5.56 Å². The van der Waals surface area contributed by atoms with Gasteiger partial charge in [0.2, 0.25) is 5.95 Å². The van der Waals surface area contributed by atoms with Gasteiger partial charge in [-0.3, -0.25) is 20.1 Å². The fourth-order valence-electron chi connectivity index (χ4n) is 3.62. The minimum Gasteiger partial charge on any atom is -0.324 e. The van der Waals surface area contributed by atoms with Crippen LogP contribution >= 0.6 is 11.6 Å². The van der Waals surface area contributed by atoms with Crippen molar-refractivity contribution >= 4 is 56.7 Å². The van der Waals surface area contributed by atoms with Gasteiger partial charge in [0.15, 0.2) is 5.82 Å². The summed E-state index contributed by atoms with van der Waals surface area (Å²) in [4.78, 5) is 21.0. The molecule has 154 valence electrons. The topological polar surface area (TPSA) is 127 Å². The predicted molar refractivity (Wildman–Crippen MR) is 121 cm³/mol. The Morgan fingerprint density at radius 3 is 2.74 bits per heavy atom. The molecule has 0 aliphatic heterocycles. The van der Waals surface area contributed by atoms with Crippen LogP contribution in [0.4, 0.5) is 23.3 Å². The molecule has 0 atom stereocenters. The molecule has 1 saturated carbocycles. The number of H-pyrrole nitrogens is 3. The Kier molecular flexibility index (Phi) is 3.97. The smallest absolute Gasteiger partial charge is 0.271 e. The number of fused-ring (bicyclic) bond motifs is 2. The average molecular weight is 433 g/mol. The number of hydrogen-bond donors (Lipinski definition) is 5. The highest BCUT2D eigenvalue weighted by Gasteiger charge is 2.25. The van der Waals surface area contributed by atoms with Crippen LogP contribution in [0.3, 0.4) is 0 Å². The molecule has 2 aromatic carbocycles. The van der Waals surface area contributed by atoms with E-state index in [4.69, 9.17) is 11.6 Å². The third-order valence-corrected chi connectivity index (χ3v) is 5.59. The second-order valence-corrected chi connectivity index (χ2v) is 8.07. The molecule has 6 rings (SSSR count). The van der Waals surface area contributed by atoms with Gasteiger partial charge in [0, 0.05) is 33.8 Å². The Morgan fingerprint density at radius 2 is 1.87 bits per heavy atom. The first-order valence-corrected chi connectivity index (χ1v) is 10.3. The molecule has 5 aromatic rings. The molecule has 0 saturated heterocycles. The molecule has 10 heteroatoms. The summed E-state index contributed by atoms with van der Waals surface area (Å²) in [7, 11) is 0. The van der Waals surface area contributed by atoms with Crippen LogP contribution in [0, 0.1) is 0 Å². The Bertz CT molecular complexity index is 1500. The monoisotopic (exact) mass is 432 g/mol. The molecule has 1 fully saturated rings. The molecule has 0 amide bonds. The minimum absolute atomic E-state index is 0.156. The van der Waals surface area contributed by atoms with Crippen LogP contribution in [0.5, 0.6) is 0 Å². The zero-order chi connectivity index (χ0) is 20.9. The van der Waals surface area contributed by atoms with Gasteiger partial charge in [0.1, 0.15) is 5.82 Å². The van der Waals surface area contributed by atoms with Crippen molar-refractivity contribution in [2.45, 2.75) is 18.8 Å². The van der Waals surface area contributed by atoms with E-state index in [2.05, 4.69) is 41.0 Å². The van der Waals surface area contributed by atoms with Gasteiger partial charge in [-0.2, -0.15) is 10.1 Å². The maximum absolute atomic E-state index is 11.7. The van der Waals surface area contributed by atoms with Crippen molar-refractivity contribution in [2.75, 3.05) is 10.6 Å². The highest BCUT2D eigenvalue weighted by atomic mass is 35.5. The lowest BCUT2D eigenvalue weighted by atomic mass is 10.2. The third kappa shape index (κ3) is 3.38. The van der Waals surface area contributed by atoms with Crippen molar-refractivity contribution in [1.82, 2.24) is 30.4 Å². The van der Waals surface area contributed by atoms with Gasteiger partial charge in [-0.15, -0.1) is 0 Å². The maximum Gasteiger partial charge on any atom is 0.271 e. The van der Waals surface area contributed by atoms with Crippen LogP contribution in [0.2, 0.25) is 5.02 Å². The lowest BCUT2D eigenvalue weighted by molar-refractivity contribution is 0.966. The molecule has 31 heavy (non-hydrogen) atoms. The molecule has 0 spiro atoms. The number of halogens is 1. The van der Waals surface area contributed by atoms with Gasteiger partial charge < -0.3 is 10.6 Å². The number of aromatic amines is 3. The fraction of sp³-hybridized carbons (Fsp3) is 0.143. The van der Waals surface area contributed by atoms with Crippen molar-refractivity contribution in [3.8, 4) is 0 Å². The molecule has 3 heterocycles. The quantitative estimate of drug-likeness (QED) is 0.277. The van der Waals surface area contributed by atoms with E-state index in [1.165, 1.54) is 12.8 Å². The molecular weight excluding hydrogens is 416 g/mol. The zero-order valence-electron chi connectivity index (χ0n) is 16.2. The fourth-order valence-corrected chi connectivity index (χ4v) is 3.79. The number of nitrogens with zero attached hydrogens (tertiary/aromatic N) is 3. The molecule has 0 bridgehead atoms. The predicted octanol–water partition coefficient (Wildman–Crippen LogP) is 4.54. The maximum atomic E-state index is 11.7. The summed E-state index contributed by atoms with van der Waals surface area (Å²) < 4.78 is 0. The molecular formula is C21H17ClN8O. The second kappa shape index (κ2) is 6.85. The third-order valence-electron chi connectivity index (χ3n) is 5.35.